The Morgan fingerprint density at radius 1 is 1.39 bits per heavy atom. The van der Waals surface area contributed by atoms with E-state index in [4.69, 9.17) is 9.26 Å². The zero-order chi connectivity index (χ0) is 12.8. The number of nitrogens with zero attached hydrogens (tertiary/aromatic N) is 1. The van der Waals surface area contributed by atoms with Gasteiger partial charge in [0, 0.05) is 12.6 Å². The third-order valence-corrected chi connectivity index (χ3v) is 2.29. The fraction of sp³-hybridized carbons (Fsp3) is 0.231. The molecule has 0 spiro atoms. The van der Waals surface area contributed by atoms with E-state index in [-0.39, 0.29) is 12.5 Å². The van der Waals surface area contributed by atoms with Crippen LogP contribution >= 0.6 is 0 Å². The summed E-state index contributed by atoms with van der Waals surface area (Å²) in [6.07, 6.45) is 0. The van der Waals surface area contributed by atoms with Crippen molar-refractivity contribution in [1.82, 2.24) is 10.5 Å². The number of aryl methyl sites for hydroxylation is 1. The van der Waals surface area contributed by atoms with Crippen molar-refractivity contribution in [3.63, 3.8) is 0 Å². The van der Waals surface area contributed by atoms with Crippen molar-refractivity contribution in [2.45, 2.75) is 13.5 Å². The van der Waals surface area contributed by atoms with Crippen molar-refractivity contribution in [3.8, 4) is 5.88 Å². The summed E-state index contributed by atoms with van der Waals surface area (Å²) >= 11 is 0. The molecular weight excluding hydrogens is 232 g/mol. The Kier molecular flexibility index (Phi) is 3.96. The van der Waals surface area contributed by atoms with Crippen molar-refractivity contribution in [3.05, 3.63) is 47.7 Å². The number of nitrogens with one attached hydrogen (secondary N) is 1. The molecule has 0 atom stereocenters. The third-order valence-electron chi connectivity index (χ3n) is 2.29. The lowest BCUT2D eigenvalue weighted by atomic mass is 10.2. The maximum atomic E-state index is 11.5. The van der Waals surface area contributed by atoms with E-state index < -0.39 is 0 Å². The van der Waals surface area contributed by atoms with E-state index in [0.29, 0.717) is 18.2 Å². The molecule has 0 unspecified atom stereocenters. The quantitative estimate of drug-likeness (QED) is 0.871. The molecule has 2 aromatic rings. The molecule has 0 radical (unpaired) electrons. The van der Waals surface area contributed by atoms with Gasteiger partial charge in [-0.2, -0.15) is 0 Å². The Hall–Kier alpha value is -2.30. The van der Waals surface area contributed by atoms with Gasteiger partial charge < -0.3 is 14.6 Å². The first kappa shape index (κ1) is 12.2. The molecule has 5 heteroatoms. The van der Waals surface area contributed by atoms with E-state index in [1.54, 1.807) is 13.0 Å². The van der Waals surface area contributed by atoms with Gasteiger partial charge in [0.15, 0.2) is 6.61 Å². The number of benzene rings is 1. The van der Waals surface area contributed by atoms with Crippen LogP contribution in [0.25, 0.3) is 0 Å². The monoisotopic (exact) mass is 246 g/mol. The van der Waals surface area contributed by atoms with E-state index >= 15 is 0 Å². The molecule has 18 heavy (non-hydrogen) atoms. The standard InChI is InChI=1S/C13H14N2O3/c1-10-7-13(15-18-10)17-9-12(16)14-8-11-5-3-2-4-6-11/h2-7H,8-9H2,1H3,(H,14,16). The average molecular weight is 246 g/mol. The highest BCUT2D eigenvalue weighted by molar-refractivity contribution is 5.77. The number of amides is 1. The van der Waals surface area contributed by atoms with Gasteiger partial charge in [-0.3, -0.25) is 4.79 Å². The summed E-state index contributed by atoms with van der Waals surface area (Å²) in [4.78, 5) is 11.5. The van der Waals surface area contributed by atoms with Crippen LogP contribution in [-0.4, -0.2) is 17.7 Å². The molecule has 5 nitrogen and oxygen atoms in total. The summed E-state index contributed by atoms with van der Waals surface area (Å²) in [6, 6.07) is 11.3. The number of hydrogen-bond acceptors (Lipinski definition) is 4. The molecule has 0 fully saturated rings. The van der Waals surface area contributed by atoms with E-state index in [1.807, 2.05) is 30.3 Å². The summed E-state index contributed by atoms with van der Waals surface area (Å²) < 4.78 is 9.98. The molecule has 0 aliphatic carbocycles. The van der Waals surface area contributed by atoms with Crippen LogP contribution in [0.4, 0.5) is 0 Å². The topological polar surface area (TPSA) is 64.4 Å². The number of rotatable bonds is 5. The molecule has 94 valence electrons. The van der Waals surface area contributed by atoms with Crippen molar-refractivity contribution in [2.75, 3.05) is 6.61 Å². The van der Waals surface area contributed by atoms with Crippen LogP contribution in [0.1, 0.15) is 11.3 Å². The second-order valence-electron chi connectivity index (χ2n) is 3.83. The third kappa shape index (κ3) is 3.62. The number of hydrogen-bond donors (Lipinski definition) is 1. The summed E-state index contributed by atoms with van der Waals surface area (Å²) in [5.74, 6) is 0.775. The van der Waals surface area contributed by atoms with E-state index in [0.717, 1.165) is 5.56 Å². The first-order valence-electron chi connectivity index (χ1n) is 5.61. The van der Waals surface area contributed by atoms with E-state index in [2.05, 4.69) is 10.5 Å². The summed E-state index contributed by atoms with van der Waals surface area (Å²) in [5.41, 5.74) is 1.04. The summed E-state index contributed by atoms with van der Waals surface area (Å²) in [7, 11) is 0. The van der Waals surface area contributed by atoms with Crippen LogP contribution < -0.4 is 10.1 Å². The Balaban J connectivity index is 1.73. The second-order valence-corrected chi connectivity index (χ2v) is 3.83. The highest BCUT2D eigenvalue weighted by Crippen LogP contribution is 2.09. The van der Waals surface area contributed by atoms with Gasteiger partial charge in [0.05, 0.1) is 0 Å². The number of aromatic nitrogens is 1. The lowest BCUT2D eigenvalue weighted by molar-refractivity contribution is -0.123. The molecule has 1 heterocycles. The van der Waals surface area contributed by atoms with Crippen LogP contribution in [0.2, 0.25) is 0 Å². The fourth-order valence-corrected chi connectivity index (χ4v) is 1.40. The van der Waals surface area contributed by atoms with Gasteiger partial charge in [-0.1, -0.05) is 30.3 Å². The first-order valence-corrected chi connectivity index (χ1v) is 5.61. The highest BCUT2D eigenvalue weighted by atomic mass is 16.5. The lowest BCUT2D eigenvalue weighted by Crippen LogP contribution is -2.28. The van der Waals surface area contributed by atoms with Gasteiger partial charge in [-0.25, -0.2) is 0 Å². The zero-order valence-corrected chi connectivity index (χ0v) is 10.1. The van der Waals surface area contributed by atoms with Gasteiger partial charge in [0.2, 0.25) is 0 Å². The molecule has 1 N–H and O–H groups in total. The fourth-order valence-electron chi connectivity index (χ4n) is 1.40. The Morgan fingerprint density at radius 3 is 2.83 bits per heavy atom. The van der Waals surface area contributed by atoms with E-state index in [1.165, 1.54) is 0 Å². The van der Waals surface area contributed by atoms with Crippen molar-refractivity contribution >= 4 is 5.91 Å². The number of carbonyl (C=O) groups is 1. The van der Waals surface area contributed by atoms with Crippen LogP contribution in [-0.2, 0) is 11.3 Å². The molecule has 0 aliphatic heterocycles. The van der Waals surface area contributed by atoms with Crippen molar-refractivity contribution in [2.24, 2.45) is 0 Å². The molecule has 1 aromatic heterocycles. The van der Waals surface area contributed by atoms with Crippen molar-refractivity contribution < 1.29 is 14.1 Å². The SMILES string of the molecule is Cc1cc(OCC(=O)NCc2ccccc2)no1. The smallest absolute Gasteiger partial charge is 0.258 e. The maximum absolute atomic E-state index is 11.5. The van der Waals surface area contributed by atoms with Crippen LogP contribution in [0, 0.1) is 6.92 Å². The Bertz CT molecular complexity index is 508. The molecule has 0 saturated carbocycles. The minimum atomic E-state index is -0.195. The Morgan fingerprint density at radius 2 is 2.17 bits per heavy atom. The molecule has 0 bridgehead atoms. The molecule has 1 aromatic carbocycles. The summed E-state index contributed by atoms with van der Waals surface area (Å²) in [6.45, 7) is 2.18. The lowest BCUT2D eigenvalue weighted by Gasteiger charge is -2.05. The highest BCUT2D eigenvalue weighted by Gasteiger charge is 2.05. The van der Waals surface area contributed by atoms with Crippen LogP contribution in [0.15, 0.2) is 40.9 Å². The predicted octanol–water partition coefficient (Wildman–Crippen LogP) is 1.68. The van der Waals surface area contributed by atoms with Gasteiger partial charge in [0.1, 0.15) is 5.76 Å². The molecule has 2 rings (SSSR count). The number of ether oxygens (including phenoxy) is 1. The Labute approximate surface area is 105 Å². The van der Waals surface area contributed by atoms with E-state index in [9.17, 15) is 4.79 Å². The average Bonchev–Trinajstić information content (AvgIpc) is 2.81. The first-order chi connectivity index (χ1) is 8.74. The van der Waals surface area contributed by atoms with Crippen molar-refractivity contribution in [1.29, 1.82) is 0 Å². The normalized spacial score (nSPS) is 10.1. The zero-order valence-electron chi connectivity index (χ0n) is 10.1. The van der Waals surface area contributed by atoms with Crippen LogP contribution in [0.3, 0.4) is 0 Å². The maximum Gasteiger partial charge on any atom is 0.258 e. The van der Waals surface area contributed by atoms with Gasteiger partial charge in [0.25, 0.3) is 11.8 Å². The second kappa shape index (κ2) is 5.86. The number of carbonyl (C=O) groups excluding carboxylic acids is 1. The minimum Gasteiger partial charge on any atom is -0.465 e. The minimum absolute atomic E-state index is 0.0706. The summed E-state index contributed by atoms with van der Waals surface area (Å²) in [5, 5.41) is 6.38. The predicted molar refractivity (Wildman–Crippen MR) is 65.0 cm³/mol. The largest absolute Gasteiger partial charge is 0.465 e. The van der Waals surface area contributed by atoms with Gasteiger partial charge in [-0.15, -0.1) is 0 Å². The molecule has 0 saturated heterocycles. The van der Waals surface area contributed by atoms with Crippen LogP contribution in [0.5, 0.6) is 5.88 Å². The van der Waals surface area contributed by atoms with Gasteiger partial charge in [-0.05, 0) is 17.6 Å². The van der Waals surface area contributed by atoms with Gasteiger partial charge >= 0.3 is 0 Å². The molecular formula is C13H14N2O3. The molecule has 1 amide bonds. The molecule has 0 aliphatic rings.